The lowest BCUT2D eigenvalue weighted by Crippen LogP contribution is -2.23. The highest BCUT2D eigenvalue weighted by Gasteiger charge is 2.12. The second-order valence-electron chi connectivity index (χ2n) is 5.39. The van der Waals surface area contributed by atoms with E-state index in [1.165, 1.54) is 11.1 Å². The van der Waals surface area contributed by atoms with Crippen LogP contribution in [0.4, 0.5) is 0 Å². The Bertz CT molecular complexity index is 728. The molecule has 0 spiro atoms. The normalized spacial score (nSPS) is 11.3. The van der Waals surface area contributed by atoms with Gasteiger partial charge in [0.05, 0.1) is 11.1 Å². The summed E-state index contributed by atoms with van der Waals surface area (Å²) in [5.41, 5.74) is 4.22. The molecule has 0 aliphatic carbocycles. The van der Waals surface area contributed by atoms with Gasteiger partial charge in [-0.2, -0.15) is 0 Å². The smallest absolute Gasteiger partial charge is 0.259 e. The Hall–Kier alpha value is -1.94. The molecule has 0 saturated heterocycles. The summed E-state index contributed by atoms with van der Waals surface area (Å²) in [4.78, 5) is 27.9. The number of pyridine rings is 1. The van der Waals surface area contributed by atoms with Crippen LogP contribution in [0.5, 0.6) is 0 Å². The topological polar surface area (TPSA) is 53.2 Å². The van der Waals surface area contributed by atoms with Gasteiger partial charge in [-0.1, -0.05) is 13.8 Å². The van der Waals surface area contributed by atoms with Gasteiger partial charge < -0.3 is 4.98 Å². The summed E-state index contributed by atoms with van der Waals surface area (Å²) in [5, 5.41) is 0.912. The lowest BCUT2D eigenvalue weighted by Gasteiger charge is -2.22. The van der Waals surface area contributed by atoms with Crippen LogP contribution in [0.15, 0.2) is 16.9 Å². The first kappa shape index (κ1) is 15.4. The summed E-state index contributed by atoms with van der Waals surface area (Å²) in [5.74, 6) is 0. The fourth-order valence-electron chi connectivity index (χ4n) is 2.76. The molecular weight excluding hydrogens is 264 g/mol. The molecule has 1 aromatic heterocycles. The first-order valence-electron chi connectivity index (χ1n) is 7.35. The number of nitrogens with zero attached hydrogens (tertiary/aromatic N) is 1. The fraction of sp³-hybridized carbons (Fsp3) is 0.412. The van der Waals surface area contributed by atoms with Gasteiger partial charge in [-0.15, -0.1) is 0 Å². The molecule has 0 aliphatic heterocycles. The van der Waals surface area contributed by atoms with Crippen molar-refractivity contribution in [2.75, 3.05) is 13.1 Å². The van der Waals surface area contributed by atoms with Crippen molar-refractivity contribution in [3.63, 3.8) is 0 Å². The first-order valence-corrected chi connectivity index (χ1v) is 7.35. The number of rotatable bonds is 5. The molecule has 2 aromatic rings. The standard InChI is InChI=1S/C17H22N2O2/c1-5-19(6-2)9-15-11(3)7-13-8-14(10-20)17(21)18-16(13)12(15)4/h7-8,10H,5-6,9H2,1-4H3,(H,18,21). The van der Waals surface area contributed by atoms with E-state index in [1.807, 2.05) is 13.0 Å². The predicted molar refractivity (Wildman–Crippen MR) is 86.1 cm³/mol. The molecule has 4 heteroatoms. The van der Waals surface area contributed by atoms with Crippen LogP contribution < -0.4 is 5.56 Å². The molecule has 112 valence electrons. The number of aldehydes is 1. The van der Waals surface area contributed by atoms with Gasteiger partial charge in [0.25, 0.3) is 5.56 Å². The van der Waals surface area contributed by atoms with Gasteiger partial charge in [-0.3, -0.25) is 14.5 Å². The molecule has 0 aliphatic rings. The van der Waals surface area contributed by atoms with Gasteiger partial charge in [-0.25, -0.2) is 0 Å². The predicted octanol–water partition coefficient (Wildman–Crippen LogP) is 2.80. The molecule has 0 atom stereocenters. The zero-order valence-electron chi connectivity index (χ0n) is 13.1. The molecule has 0 unspecified atom stereocenters. The number of aromatic nitrogens is 1. The number of hydrogen-bond donors (Lipinski definition) is 1. The molecular formula is C17H22N2O2. The molecule has 0 amide bonds. The monoisotopic (exact) mass is 286 g/mol. The molecule has 0 radical (unpaired) electrons. The Balaban J connectivity index is 2.64. The van der Waals surface area contributed by atoms with Crippen LogP contribution >= 0.6 is 0 Å². The number of aryl methyl sites for hydroxylation is 2. The van der Waals surface area contributed by atoms with Crippen LogP contribution in [-0.4, -0.2) is 29.3 Å². The molecule has 1 aromatic carbocycles. The lowest BCUT2D eigenvalue weighted by molar-refractivity contribution is 0.112. The van der Waals surface area contributed by atoms with Gasteiger partial charge in [0.2, 0.25) is 0 Å². The quantitative estimate of drug-likeness (QED) is 0.860. The summed E-state index contributed by atoms with van der Waals surface area (Å²) in [6, 6.07) is 3.71. The van der Waals surface area contributed by atoms with Crippen molar-refractivity contribution in [1.82, 2.24) is 9.88 Å². The SMILES string of the molecule is CCN(CC)Cc1c(C)cc2cc(C=O)c(=O)[nH]c2c1C. The number of carbonyl (C=O) groups is 1. The minimum absolute atomic E-state index is 0.179. The van der Waals surface area contributed by atoms with Gasteiger partial charge in [0, 0.05) is 6.54 Å². The maximum Gasteiger partial charge on any atom is 0.259 e. The van der Waals surface area contributed by atoms with E-state index in [2.05, 4.69) is 30.7 Å². The van der Waals surface area contributed by atoms with E-state index in [0.29, 0.717) is 6.29 Å². The third-order valence-electron chi connectivity index (χ3n) is 4.18. The summed E-state index contributed by atoms with van der Waals surface area (Å²) < 4.78 is 0. The first-order chi connectivity index (χ1) is 10.0. The maximum atomic E-state index is 11.8. The van der Waals surface area contributed by atoms with Crippen LogP contribution in [0.25, 0.3) is 10.9 Å². The van der Waals surface area contributed by atoms with Crippen molar-refractivity contribution in [1.29, 1.82) is 0 Å². The van der Waals surface area contributed by atoms with Crippen molar-refractivity contribution < 1.29 is 4.79 Å². The summed E-state index contributed by atoms with van der Waals surface area (Å²) in [6.45, 7) is 11.3. The fourth-order valence-corrected chi connectivity index (χ4v) is 2.76. The molecule has 1 N–H and O–H groups in total. The van der Waals surface area contributed by atoms with Crippen molar-refractivity contribution in [3.8, 4) is 0 Å². The maximum absolute atomic E-state index is 11.8. The Kier molecular flexibility index (Phi) is 4.58. The second-order valence-corrected chi connectivity index (χ2v) is 5.39. The summed E-state index contributed by atoms with van der Waals surface area (Å²) >= 11 is 0. The number of benzene rings is 1. The van der Waals surface area contributed by atoms with E-state index >= 15 is 0 Å². The zero-order valence-corrected chi connectivity index (χ0v) is 13.1. The third kappa shape index (κ3) is 2.90. The number of nitrogens with one attached hydrogen (secondary N) is 1. The highest BCUT2D eigenvalue weighted by Crippen LogP contribution is 2.24. The van der Waals surface area contributed by atoms with Crippen LogP contribution in [0.2, 0.25) is 0 Å². The minimum Gasteiger partial charge on any atom is -0.321 e. The summed E-state index contributed by atoms with van der Waals surface area (Å²) in [7, 11) is 0. The highest BCUT2D eigenvalue weighted by molar-refractivity contribution is 5.88. The van der Waals surface area contributed by atoms with E-state index in [9.17, 15) is 9.59 Å². The van der Waals surface area contributed by atoms with Gasteiger partial charge >= 0.3 is 0 Å². The number of carbonyl (C=O) groups excluding carboxylic acids is 1. The van der Waals surface area contributed by atoms with Crippen molar-refractivity contribution in [3.05, 3.63) is 44.7 Å². The van der Waals surface area contributed by atoms with Crippen LogP contribution in [0.3, 0.4) is 0 Å². The number of hydrogen-bond acceptors (Lipinski definition) is 3. The molecule has 0 saturated carbocycles. The highest BCUT2D eigenvalue weighted by atomic mass is 16.1. The number of fused-ring (bicyclic) bond motifs is 1. The summed E-state index contributed by atoms with van der Waals surface area (Å²) in [6.07, 6.45) is 0.604. The minimum atomic E-state index is -0.321. The van der Waals surface area contributed by atoms with Crippen molar-refractivity contribution in [2.24, 2.45) is 0 Å². The molecule has 0 bridgehead atoms. The zero-order chi connectivity index (χ0) is 15.6. The molecule has 0 fully saturated rings. The van der Waals surface area contributed by atoms with E-state index < -0.39 is 0 Å². The van der Waals surface area contributed by atoms with Gasteiger partial charge in [-0.05, 0) is 61.1 Å². The third-order valence-corrected chi connectivity index (χ3v) is 4.18. The molecule has 1 heterocycles. The average molecular weight is 286 g/mol. The molecule has 21 heavy (non-hydrogen) atoms. The number of H-pyrrole nitrogens is 1. The van der Waals surface area contributed by atoms with Crippen LogP contribution in [0.1, 0.15) is 40.9 Å². The Morgan fingerprint density at radius 1 is 1.19 bits per heavy atom. The Labute approximate surface area is 124 Å². The van der Waals surface area contributed by atoms with Crippen molar-refractivity contribution in [2.45, 2.75) is 34.2 Å². The van der Waals surface area contributed by atoms with E-state index in [0.717, 1.165) is 36.1 Å². The van der Waals surface area contributed by atoms with E-state index in [-0.39, 0.29) is 11.1 Å². The lowest BCUT2D eigenvalue weighted by atomic mass is 9.97. The molecule has 4 nitrogen and oxygen atoms in total. The second kappa shape index (κ2) is 6.22. The van der Waals surface area contributed by atoms with E-state index in [1.54, 1.807) is 6.07 Å². The molecule has 2 rings (SSSR count). The van der Waals surface area contributed by atoms with E-state index in [4.69, 9.17) is 0 Å². The van der Waals surface area contributed by atoms with Gasteiger partial charge in [0.1, 0.15) is 0 Å². The Morgan fingerprint density at radius 2 is 1.86 bits per heavy atom. The average Bonchev–Trinajstić information content (AvgIpc) is 2.48. The van der Waals surface area contributed by atoms with Crippen LogP contribution in [-0.2, 0) is 6.54 Å². The van der Waals surface area contributed by atoms with Gasteiger partial charge in [0.15, 0.2) is 6.29 Å². The Morgan fingerprint density at radius 3 is 2.43 bits per heavy atom. The number of aromatic amines is 1. The largest absolute Gasteiger partial charge is 0.321 e. The van der Waals surface area contributed by atoms with Crippen molar-refractivity contribution >= 4 is 17.2 Å². The van der Waals surface area contributed by atoms with Crippen LogP contribution in [0, 0.1) is 13.8 Å².